The summed E-state index contributed by atoms with van der Waals surface area (Å²) in [7, 11) is 1.87. The van der Waals surface area contributed by atoms with Crippen LogP contribution in [-0.4, -0.2) is 49.9 Å². The van der Waals surface area contributed by atoms with Gasteiger partial charge < -0.3 is 9.84 Å². The van der Waals surface area contributed by atoms with E-state index in [4.69, 9.17) is 4.74 Å². The molecule has 0 saturated heterocycles. The Labute approximate surface area is 198 Å². The van der Waals surface area contributed by atoms with Crippen LogP contribution in [0.4, 0.5) is 0 Å². The van der Waals surface area contributed by atoms with Gasteiger partial charge in [-0.25, -0.2) is 4.68 Å². The SMILES string of the molecule is COC(C)[C@]12CC[C@@](C)(O)C[C@H]1CC[C@H]1[C@@H]3CC[C@H](C(=O)Cn4nnnc4C)[C@@]3(C)CC[C@@H]12. The first-order valence-corrected chi connectivity index (χ1v) is 13.1. The Morgan fingerprint density at radius 3 is 2.64 bits per heavy atom. The zero-order valence-electron chi connectivity index (χ0n) is 21.1. The maximum absolute atomic E-state index is 13.4. The van der Waals surface area contributed by atoms with Crippen molar-refractivity contribution in [1.29, 1.82) is 0 Å². The summed E-state index contributed by atoms with van der Waals surface area (Å²) in [6, 6.07) is 0. The van der Waals surface area contributed by atoms with Crippen LogP contribution in [0.25, 0.3) is 0 Å². The molecule has 0 aromatic carbocycles. The molecule has 33 heavy (non-hydrogen) atoms. The number of tetrazole rings is 1. The lowest BCUT2D eigenvalue weighted by Crippen LogP contribution is -2.60. The van der Waals surface area contributed by atoms with E-state index in [1.165, 1.54) is 19.3 Å². The number of nitrogens with zero attached hydrogens (tertiary/aromatic N) is 4. The second kappa shape index (κ2) is 8.11. The van der Waals surface area contributed by atoms with Gasteiger partial charge in [-0.05, 0) is 118 Å². The second-order valence-corrected chi connectivity index (χ2v) is 12.4. The number of Topliss-reactive ketones (excluding diaryl/α,β-unsaturated/α-hetero) is 1. The highest BCUT2D eigenvalue weighted by Crippen LogP contribution is 2.69. The number of aromatic nitrogens is 4. The van der Waals surface area contributed by atoms with Gasteiger partial charge in [0.15, 0.2) is 5.78 Å². The lowest BCUT2D eigenvalue weighted by molar-refractivity contribution is -0.199. The molecule has 5 rings (SSSR count). The molecule has 0 spiro atoms. The predicted octanol–water partition coefficient (Wildman–Crippen LogP) is 3.98. The first kappa shape index (κ1) is 23.4. The van der Waals surface area contributed by atoms with Crippen LogP contribution in [0.5, 0.6) is 0 Å². The molecule has 1 N–H and O–H groups in total. The molecule has 0 bridgehead atoms. The average molecular weight is 459 g/mol. The Morgan fingerprint density at radius 1 is 1.15 bits per heavy atom. The van der Waals surface area contributed by atoms with Crippen molar-refractivity contribution in [3.05, 3.63) is 5.82 Å². The molecule has 9 atom stereocenters. The van der Waals surface area contributed by atoms with Gasteiger partial charge in [-0.3, -0.25) is 4.79 Å². The summed E-state index contributed by atoms with van der Waals surface area (Å²) in [5.74, 6) is 3.54. The van der Waals surface area contributed by atoms with Gasteiger partial charge in [0.05, 0.1) is 11.7 Å². The molecular formula is C26H42N4O3. The fraction of sp³-hybridized carbons (Fsp3) is 0.923. The Morgan fingerprint density at radius 2 is 1.94 bits per heavy atom. The highest BCUT2D eigenvalue weighted by atomic mass is 16.5. The minimum Gasteiger partial charge on any atom is -0.390 e. The number of carbonyl (C=O) groups is 1. The van der Waals surface area contributed by atoms with E-state index in [1.54, 1.807) is 4.68 Å². The Kier molecular flexibility index (Phi) is 5.75. The first-order chi connectivity index (χ1) is 15.6. The molecule has 1 unspecified atom stereocenters. The van der Waals surface area contributed by atoms with Crippen LogP contribution in [0, 0.1) is 47.3 Å². The Bertz CT molecular complexity index is 900. The number of aliphatic hydroxyl groups is 1. The van der Waals surface area contributed by atoms with Gasteiger partial charge in [0, 0.05) is 18.4 Å². The van der Waals surface area contributed by atoms with E-state index in [0.717, 1.165) is 38.5 Å². The summed E-state index contributed by atoms with van der Waals surface area (Å²) in [4.78, 5) is 13.4. The largest absolute Gasteiger partial charge is 0.390 e. The molecule has 7 heteroatoms. The smallest absolute Gasteiger partial charge is 0.158 e. The van der Waals surface area contributed by atoms with Crippen molar-refractivity contribution in [3.63, 3.8) is 0 Å². The van der Waals surface area contributed by atoms with Gasteiger partial charge in [-0.1, -0.05) is 6.92 Å². The van der Waals surface area contributed by atoms with Gasteiger partial charge in [0.1, 0.15) is 12.4 Å². The maximum Gasteiger partial charge on any atom is 0.158 e. The van der Waals surface area contributed by atoms with E-state index < -0.39 is 5.60 Å². The van der Waals surface area contributed by atoms with Crippen molar-refractivity contribution in [2.45, 2.75) is 104 Å². The maximum atomic E-state index is 13.4. The third-order valence-electron chi connectivity index (χ3n) is 11.0. The number of fused-ring (bicyclic) bond motifs is 5. The van der Waals surface area contributed by atoms with Gasteiger partial charge in [0.25, 0.3) is 0 Å². The van der Waals surface area contributed by atoms with Crippen LogP contribution in [-0.2, 0) is 16.1 Å². The van der Waals surface area contributed by atoms with E-state index in [-0.39, 0.29) is 22.9 Å². The topological polar surface area (TPSA) is 90.1 Å². The van der Waals surface area contributed by atoms with Crippen LogP contribution in [0.1, 0.15) is 84.4 Å². The summed E-state index contributed by atoms with van der Waals surface area (Å²) in [6.07, 6.45) is 9.90. The third-order valence-corrected chi connectivity index (χ3v) is 11.0. The van der Waals surface area contributed by atoms with Crippen molar-refractivity contribution in [2.75, 3.05) is 7.11 Å². The summed E-state index contributed by atoms with van der Waals surface area (Å²) in [5, 5.41) is 22.6. The van der Waals surface area contributed by atoms with E-state index in [0.29, 0.717) is 41.8 Å². The number of rotatable bonds is 5. The van der Waals surface area contributed by atoms with E-state index in [1.807, 2.05) is 21.0 Å². The van der Waals surface area contributed by atoms with Gasteiger partial charge >= 0.3 is 0 Å². The molecule has 4 saturated carbocycles. The number of ether oxygens (including phenoxy) is 1. The minimum absolute atomic E-state index is 0.0741. The molecule has 1 aromatic heterocycles. The molecule has 0 aliphatic heterocycles. The van der Waals surface area contributed by atoms with E-state index >= 15 is 0 Å². The zero-order chi connectivity index (χ0) is 23.6. The molecule has 1 aromatic rings. The third kappa shape index (κ3) is 3.51. The van der Waals surface area contributed by atoms with Crippen LogP contribution in [0.2, 0.25) is 0 Å². The molecule has 184 valence electrons. The molecule has 4 aliphatic carbocycles. The zero-order valence-corrected chi connectivity index (χ0v) is 21.1. The number of hydrogen-bond acceptors (Lipinski definition) is 6. The number of ketones is 1. The quantitative estimate of drug-likeness (QED) is 0.718. The molecule has 4 aliphatic rings. The first-order valence-electron chi connectivity index (χ1n) is 13.1. The van der Waals surface area contributed by atoms with Crippen molar-refractivity contribution < 1.29 is 14.6 Å². The molecule has 7 nitrogen and oxygen atoms in total. The molecule has 1 heterocycles. The van der Waals surface area contributed by atoms with E-state index in [2.05, 4.69) is 29.4 Å². The van der Waals surface area contributed by atoms with Crippen LogP contribution in [0.3, 0.4) is 0 Å². The van der Waals surface area contributed by atoms with Crippen molar-refractivity contribution in [1.82, 2.24) is 20.2 Å². The molecule has 0 radical (unpaired) electrons. The summed E-state index contributed by atoms with van der Waals surface area (Å²) in [5.41, 5.74) is -0.311. The standard InChI is InChI=1S/C26H42N4O3/c1-16(33-5)26-13-12-24(3,32)14-18(26)6-7-19-20-8-9-22(25(20,4)11-10-21(19)26)23(31)15-30-17(2)27-28-29-30/h16,18-22,32H,6-15H2,1-5H3/t16?,18-,19+,20+,21+,22-,24-,25+,26-/m1/s1. The van der Waals surface area contributed by atoms with Crippen LogP contribution < -0.4 is 0 Å². The molecule has 4 fully saturated rings. The van der Waals surface area contributed by atoms with Gasteiger partial charge in [-0.15, -0.1) is 5.10 Å². The summed E-state index contributed by atoms with van der Waals surface area (Å²) < 4.78 is 7.73. The highest BCUT2D eigenvalue weighted by molar-refractivity contribution is 5.82. The highest BCUT2D eigenvalue weighted by Gasteiger charge is 2.64. The van der Waals surface area contributed by atoms with E-state index in [9.17, 15) is 9.90 Å². The Balaban J connectivity index is 1.41. The van der Waals surface area contributed by atoms with Crippen molar-refractivity contribution in [3.8, 4) is 0 Å². The number of hydrogen-bond donors (Lipinski definition) is 1. The lowest BCUT2D eigenvalue weighted by Gasteiger charge is -2.64. The fourth-order valence-corrected chi connectivity index (χ4v) is 9.36. The summed E-state index contributed by atoms with van der Waals surface area (Å²) >= 11 is 0. The fourth-order valence-electron chi connectivity index (χ4n) is 9.36. The van der Waals surface area contributed by atoms with Crippen LogP contribution in [0.15, 0.2) is 0 Å². The van der Waals surface area contributed by atoms with Crippen LogP contribution >= 0.6 is 0 Å². The van der Waals surface area contributed by atoms with Gasteiger partial charge in [0.2, 0.25) is 0 Å². The average Bonchev–Trinajstić information content (AvgIpc) is 3.34. The monoisotopic (exact) mass is 458 g/mol. The molecule has 0 amide bonds. The normalized spacial score (nSPS) is 45.7. The van der Waals surface area contributed by atoms with Crippen molar-refractivity contribution in [2.24, 2.45) is 40.4 Å². The van der Waals surface area contributed by atoms with Gasteiger partial charge in [-0.2, -0.15) is 0 Å². The van der Waals surface area contributed by atoms with Crippen molar-refractivity contribution >= 4 is 5.78 Å². The second-order valence-electron chi connectivity index (χ2n) is 12.4. The lowest BCUT2D eigenvalue weighted by atomic mass is 9.42. The number of methoxy groups -OCH3 is 1. The minimum atomic E-state index is -0.545. The number of aryl methyl sites for hydroxylation is 1. The Hall–Kier alpha value is -1.34. The summed E-state index contributed by atoms with van der Waals surface area (Å²) in [6.45, 7) is 8.85. The predicted molar refractivity (Wildman–Crippen MR) is 124 cm³/mol. The molecular weight excluding hydrogens is 416 g/mol. The number of carbonyl (C=O) groups excluding carboxylic acids is 1.